The van der Waals surface area contributed by atoms with E-state index in [1.807, 2.05) is 0 Å². The summed E-state index contributed by atoms with van der Waals surface area (Å²) in [6.45, 7) is -0.129. The van der Waals surface area contributed by atoms with Crippen LogP contribution in [-0.2, 0) is 11.3 Å². The number of hydrogen-bond acceptors (Lipinski definition) is 5. The van der Waals surface area contributed by atoms with Gasteiger partial charge in [-0.1, -0.05) is 6.07 Å². The number of ether oxygens (including phenoxy) is 3. The number of esters is 1. The van der Waals surface area contributed by atoms with Gasteiger partial charge in [-0.2, -0.15) is 0 Å². The van der Waals surface area contributed by atoms with Gasteiger partial charge in [-0.3, -0.25) is 0 Å². The molecule has 0 saturated carbocycles. The van der Waals surface area contributed by atoms with Gasteiger partial charge in [0.2, 0.25) is 0 Å². The molecule has 0 fully saturated rings. The molecule has 0 saturated heterocycles. The summed E-state index contributed by atoms with van der Waals surface area (Å²) in [7, 11) is 2.81. The quantitative estimate of drug-likeness (QED) is 0.860. The van der Waals surface area contributed by atoms with Gasteiger partial charge in [0, 0.05) is 0 Å². The van der Waals surface area contributed by atoms with Gasteiger partial charge in [0.1, 0.15) is 23.7 Å². The van der Waals surface area contributed by atoms with Crippen LogP contribution in [0.4, 0.5) is 4.39 Å². The first-order valence-electron chi connectivity index (χ1n) is 6.41. The first kappa shape index (κ1) is 15.6. The summed E-state index contributed by atoms with van der Waals surface area (Å²) in [5.74, 6) is -0.958. The molecule has 2 rings (SSSR count). The van der Waals surface area contributed by atoms with Crippen molar-refractivity contribution in [3.63, 3.8) is 0 Å². The molecule has 116 valence electrons. The van der Waals surface area contributed by atoms with Gasteiger partial charge in [-0.15, -0.1) is 0 Å². The fourth-order valence-corrected chi connectivity index (χ4v) is 1.83. The number of aromatic hydroxyl groups is 1. The molecule has 0 spiro atoms. The van der Waals surface area contributed by atoms with Crippen molar-refractivity contribution < 1.29 is 28.5 Å². The molecule has 0 atom stereocenters. The molecule has 0 radical (unpaired) electrons. The average Bonchev–Trinajstić information content (AvgIpc) is 2.53. The van der Waals surface area contributed by atoms with Gasteiger partial charge in [0.25, 0.3) is 0 Å². The monoisotopic (exact) mass is 306 g/mol. The van der Waals surface area contributed by atoms with E-state index in [1.54, 1.807) is 6.07 Å². The smallest absolute Gasteiger partial charge is 0.342 e. The Morgan fingerprint density at radius 1 is 1.14 bits per heavy atom. The zero-order valence-electron chi connectivity index (χ0n) is 12.1. The largest absolute Gasteiger partial charge is 0.507 e. The molecule has 0 bridgehead atoms. The second-order valence-electron chi connectivity index (χ2n) is 4.43. The number of phenols is 1. The lowest BCUT2D eigenvalue weighted by molar-refractivity contribution is 0.0468. The van der Waals surface area contributed by atoms with Crippen molar-refractivity contribution >= 4 is 5.97 Å². The van der Waals surface area contributed by atoms with E-state index >= 15 is 0 Å². The van der Waals surface area contributed by atoms with Crippen molar-refractivity contribution in [2.45, 2.75) is 6.61 Å². The zero-order valence-corrected chi connectivity index (χ0v) is 12.1. The lowest BCUT2D eigenvalue weighted by Crippen LogP contribution is -2.06. The Balaban J connectivity index is 2.08. The SMILES string of the molecule is COc1ccc(O)c(C(=O)OCc2ccc(OC)c(F)c2)c1. The van der Waals surface area contributed by atoms with Gasteiger partial charge in [0.15, 0.2) is 11.6 Å². The molecule has 0 unspecified atom stereocenters. The fraction of sp³-hybridized carbons (Fsp3) is 0.188. The Labute approximate surface area is 126 Å². The number of carbonyl (C=O) groups is 1. The molecular formula is C16H15FO5. The fourth-order valence-electron chi connectivity index (χ4n) is 1.83. The van der Waals surface area contributed by atoms with Crippen LogP contribution in [0.2, 0.25) is 0 Å². The van der Waals surface area contributed by atoms with Crippen LogP contribution in [0.1, 0.15) is 15.9 Å². The number of benzene rings is 2. The highest BCUT2D eigenvalue weighted by molar-refractivity contribution is 5.92. The third-order valence-corrected chi connectivity index (χ3v) is 3.01. The number of halogens is 1. The van der Waals surface area contributed by atoms with Crippen molar-refractivity contribution in [3.05, 3.63) is 53.3 Å². The normalized spacial score (nSPS) is 10.1. The van der Waals surface area contributed by atoms with Crippen LogP contribution in [0.25, 0.3) is 0 Å². The van der Waals surface area contributed by atoms with Gasteiger partial charge in [-0.05, 0) is 35.9 Å². The summed E-state index contributed by atoms with van der Waals surface area (Å²) >= 11 is 0. The molecule has 0 aliphatic rings. The molecule has 0 aliphatic carbocycles. The summed E-state index contributed by atoms with van der Waals surface area (Å²) in [6, 6.07) is 8.47. The third-order valence-electron chi connectivity index (χ3n) is 3.01. The van der Waals surface area contributed by atoms with Crippen molar-refractivity contribution in [2.75, 3.05) is 14.2 Å². The highest BCUT2D eigenvalue weighted by Crippen LogP contribution is 2.24. The summed E-state index contributed by atoms with van der Waals surface area (Å²) in [5, 5.41) is 9.68. The zero-order chi connectivity index (χ0) is 16.1. The Morgan fingerprint density at radius 2 is 1.91 bits per heavy atom. The van der Waals surface area contributed by atoms with Gasteiger partial charge < -0.3 is 19.3 Å². The minimum absolute atomic E-state index is 0.0201. The molecule has 2 aromatic carbocycles. The Morgan fingerprint density at radius 3 is 2.55 bits per heavy atom. The number of phenolic OH excluding ortho intramolecular Hbond substituents is 1. The van der Waals surface area contributed by atoms with E-state index in [4.69, 9.17) is 14.2 Å². The molecule has 0 amide bonds. The molecule has 0 aliphatic heterocycles. The van der Waals surface area contributed by atoms with Crippen molar-refractivity contribution in [1.82, 2.24) is 0 Å². The lowest BCUT2D eigenvalue weighted by Gasteiger charge is -2.09. The van der Waals surface area contributed by atoms with E-state index in [0.717, 1.165) is 0 Å². The second-order valence-corrected chi connectivity index (χ2v) is 4.43. The number of hydrogen-bond donors (Lipinski definition) is 1. The highest BCUT2D eigenvalue weighted by atomic mass is 19.1. The molecule has 6 heteroatoms. The van der Waals surface area contributed by atoms with Crippen LogP contribution in [-0.4, -0.2) is 25.3 Å². The van der Waals surface area contributed by atoms with Crippen LogP contribution in [0.3, 0.4) is 0 Å². The minimum atomic E-state index is -0.729. The molecule has 1 N–H and O–H groups in total. The van der Waals surface area contributed by atoms with Crippen LogP contribution in [0.15, 0.2) is 36.4 Å². The summed E-state index contributed by atoms with van der Waals surface area (Å²) in [4.78, 5) is 12.0. The number of rotatable bonds is 5. The third kappa shape index (κ3) is 3.46. The highest BCUT2D eigenvalue weighted by Gasteiger charge is 2.14. The Kier molecular flexibility index (Phi) is 4.83. The summed E-state index contributed by atoms with van der Waals surface area (Å²) < 4.78 is 28.4. The minimum Gasteiger partial charge on any atom is -0.507 e. The van der Waals surface area contributed by atoms with E-state index < -0.39 is 11.8 Å². The van der Waals surface area contributed by atoms with Crippen LogP contribution >= 0.6 is 0 Å². The molecule has 0 aromatic heterocycles. The predicted octanol–water partition coefficient (Wildman–Crippen LogP) is 2.91. The van der Waals surface area contributed by atoms with Gasteiger partial charge in [0.05, 0.1) is 14.2 Å². The van der Waals surface area contributed by atoms with E-state index in [1.165, 1.54) is 44.6 Å². The van der Waals surface area contributed by atoms with Crippen LogP contribution < -0.4 is 9.47 Å². The van der Waals surface area contributed by atoms with E-state index in [-0.39, 0.29) is 23.7 Å². The van der Waals surface area contributed by atoms with Crippen molar-refractivity contribution in [1.29, 1.82) is 0 Å². The summed E-state index contributed by atoms with van der Waals surface area (Å²) in [6.07, 6.45) is 0. The van der Waals surface area contributed by atoms with Crippen molar-refractivity contribution in [2.24, 2.45) is 0 Å². The predicted molar refractivity (Wildman–Crippen MR) is 76.7 cm³/mol. The van der Waals surface area contributed by atoms with Crippen LogP contribution in [0.5, 0.6) is 17.2 Å². The van der Waals surface area contributed by atoms with E-state index in [0.29, 0.717) is 11.3 Å². The van der Waals surface area contributed by atoms with Gasteiger partial charge in [-0.25, -0.2) is 9.18 Å². The first-order valence-corrected chi connectivity index (χ1v) is 6.41. The average molecular weight is 306 g/mol. The van der Waals surface area contributed by atoms with Crippen LogP contribution in [0, 0.1) is 5.82 Å². The topological polar surface area (TPSA) is 65.0 Å². The molecule has 22 heavy (non-hydrogen) atoms. The molecule has 2 aromatic rings. The van der Waals surface area contributed by atoms with E-state index in [9.17, 15) is 14.3 Å². The standard InChI is InChI=1S/C16H15FO5/c1-20-11-4-5-14(18)12(8-11)16(19)22-9-10-3-6-15(21-2)13(17)7-10/h3-8,18H,9H2,1-2H3. The maximum Gasteiger partial charge on any atom is 0.342 e. The summed E-state index contributed by atoms with van der Waals surface area (Å²) in [5.41, 5.74) is 0.447. The molecule has 0 heterocycles. The van der Waals surface area contributed by atoms with E-state index in [2.05, 4.69) is 0 Å². The van der Waals surface area contributed by atoms with Gasteiger partial charge >= 0.3 is 5.97 Å². The Bertz CT molecular complexity index is 684. The molecule has 5 nitrogen and oxygen atoms in total. The lowest BCUT2D eigenvalue weighted by atomic mass is 10.2. The number of carbonyl (C=O) groups excluding carboxylic acids is 1. The maximum atomic E-state index is 13.5. The molecular weight excluding hydrogens is 291 g/mol. The Hall–Kier alpha value is -2.76. The first-order chi connectivity index (χ1) is 10.5. The number of methoxy groups -OCH3 is 2. The van der Waals surface area contributed by atoms with Crippen molar-refractivity contribution in [3.8, 4) is 17.2 Å². The second kappa shape index (κ2) is 6.80. The maximum absolute atomic E-state index is 13.5.